The molecule has 0 saturated heterocycles. The van der Waals surface area contributed by atoms with Crippen LogP contribution in [0.5, 0.6) is 0 Å². The predicted molar refractivity (Wildman–Crippen MR) is 130 cm³/mol. The van der Waals surface area contributed by atoms with Crippen molar-refractivity contribution in [3.8, 4) is 0 Å². The van der Waals surface area contributed by atoms with Crippen LogP contribution in [0.3, 0.4) is 0 Å². The van der Waals surface area contributed by atoms with Gasteiger partial charge in [-0.3, -0.25) is 4.79 Å². The predicted octanol–water partition coefficient (Wildman–Crippen LogP) is 6.64. The van der Waals surface area contributed by atoms with Gasteiger partial charge < -0.3 is 4.57 Å². The molecule has 3 aromatic carbocycles. The van der Waals surface area contributed by atoms with Gasteiger partial charge in [0.25, 0.3) is 0 Å². The maximum Gasteiger partial charge on any atom is 0.191 e. The lowest BCUT2D eigenvalue weighted by atomic mass is 9.95. The molecule has 1 aromatic heterocycles. The van der Waals surface area contributed by atoms with Gasteiger partial charge in [0.15, 0.2) is 10.9 Å². The number of hydrogen-bond acceptors (Lipinski definition) is 4. The first kappa shape index (κ1) is 21.8. The molecule has 1 heterocycles. The van der Waals surface area contributed by atoms with E-state index in [1.165, 1.54) is 71.6 Å². The van der Waals surface area contributed by atoms with Crippen LogP contribution in [0, 0.1) is 5.82 Å². The lowest BCUT2D eigenvalue weighted by molar-refractivity contribution is 0.102. The van der Waals surface area contributed by atoms with Gasteiger partial charge in [-0.25, -0.2) is 4.39 Å². The monoisotopic (exact) mass is 459 g/mol. The van der Waals surface area contributed by atoms with Crippen molar-refractivity contribution in [3.63, 3.8) is 0 Å². The fourth-order valence-electron chi connectivity index (χ4n) is 4.70. The van der Waals surface area contributed by atoms with E-state index < -0.39 is 0 Å². The lowest BCUT2D eigenvalue weighted by Gasteiger charge is -2.25. The topological polar surface area (TPSA) is 47.8 Å². The average molecular weight is 460 g/mol. The van der Waals surface area contributed by atoms with E-state index in [2.05, 4.69) is 57.2 Å². The Hall–Kier alpha value is -2.99. The van der Waals surface area contributed by atoms with Crippen LogP contribution in [0.15, 0.2) is 71.9 Å². The fourth-order valence-corrected chi connectivity index (χ4v) is 5.62. The van der Waals surface area contributed by atoms with Gasteiger partial charge in [0.1, 0.15) is 11.6 Å². The number of nitrogens with zero attached hydrogens (tertiary/aromatic N) is 3. The summed E-state index contributed by atoms with van der Waals surface area (Å²) in [7, 11) is 0. The van der Waals surface area contributed by atoms with Gasteiger partial charge in [0.05, 0.1) is 5.75 Å². The van der Waals surface area contributed by atoms with Crippen molar-refractivity contribution in [3.05, 3.63) is 89.5 Å². The number of halogens is 1. The highest BCUT2D eigenvalue weighted by Crippen LogP contribution is 2.34. The summed E-state index contributed by atoms with van der Waals surface area (Å²) in [4.78, 5) is 12.7. The average Bonchev–Trinajstić information content (AvgIpc) is 3.26. The van der Waals surface area contributed by atoms with E-state index in [1.54, 1.807) is 0 Å². The first-order chi connectivity index (χ1) is 16.2. The molecule has 33 heavy (non-hydrogen) atoms. The molecule has 0 spiro atoms. The Balaban J connectivity index is 1.42. The smallest absolute Gasteiger partial charge is 0.191 e. The molecule has 4 nitrogen and oxygen atoms in total. The van der Waals surface area contributed by atoms with Gasteiger partial charge in [0, 0.05) is 18.0 Å². The Morgan fingerprint density at radius 3 is 2.52 bits per heavy atom. The minimum Gasteiger partial charge on any atom is -0.303 e. The van der Waals surface area contributed by atoms with Gasteiger partial charge >= 0.3 is 0 Å². The number of rotatable bonds is 7. The second kappa shape index (κ2) is 9.87. The second-order valence-corrected chi connectivity index (χ2v) is 9.54. The molecule has 1 fully saturated rings. The van der Waals surface area contributed by atoms with Gasteiger partial charge in [-0.1, -0.05) is 73.5 Å². The summed E-state index contributed by atoms with van der Waals surface area (Å²) in [6.07, 6.45) is 6.60. The van der Waals surface area contributed by atoms with E-state index in [0.29, 0.717) is 18.0 Å². The van der Waals surface area contributed by atoms with Crippen LogP contribution in [-0.2, 0) is 6.42 Å². The lowest BCUT2D eigenvalue weighted by Crippen LogP contribution is -2.17. The molecule has 4 aromatic rings. The van der Waals surface area contributed by atoms with Gasteiger partial charge in [0.2, 0.25) is 0 Å². The molecule has 0 atom stereocenters. The Labute approximate surface area is 197 Å². The first-order valence-electron chi connectivity index (χ1n) is 11.5. The highest BCUT2D eigenvalue weighted by Gasteiger charge is 2.24. The van der Waals surface area contributed by atoms with Crippen LogP contribution in [0.25, 0.3) is 10.8 Å². The summed E-state index contributed by atoms with van der Waals surface area (Å²) < 4.78 is 15.5. The van der Waals surface area contributed by atoms with Crippen LogP contribution >= 0.6 is 11.8 Å². The molecule has 5 rings (SSSR count). The summed E-state index contributed by atoms with van der Waals surface area (Å²) in [5, 5.41) is 12.4. The Kier molecular flexibility index (Phi) is 6.53. The summed E-state index contributed by atoms with van der Waals surface area (Å²) in [5.74, 6) is 0.836. The number of fused-ring (bicyclic) bond motifs is 1. The highest BCUT2D eigenvalue weighted by atomic mass is 32.2. The highest BCUT2D eigenvalue weighted by molar-refractivity contribution is 7.99. The van der Waals surface area contributed by atoms with Crippen LogP contribution in [0.1, 0.15) is 59.9 Å². The normalized spacial score (nSPS) is 14.6. The van der Waals surface area contributed by atoms with Crippen molar-refractivity contribution in [2.45, 2.75) is 49.7 Å². The minimum atomic E-state index is -0.339. The van der Waals surface area contributed by atoms with E-state index in [4.69, 9.17) is 0 Å². The molecule has 0 N–H and O–H groups in total. The van der Waals surface area contributed by atoms with Gasteiger partial charge in [-0.05, 0) is 53.4 Å². The summed E-state index contributed by atoms with van der Waals surface area (Å²) in [6.45, 7) is 0. The minimum absolute atomic E-state index is 0.0335. The molecule has 0 amide bonds. The zero-order chi connectivity index (χ0) is 22.6. The molecule has 168 valence electrons. The Morgan fingerprint density at radius 2 is 1.70 bits per heavy atom. The van der Waals surface area contributed by atoms with Crippen molar-refractivity contribution in [2.24, 2.45) is 0 Å². The fraction of sp³-hybridized carbons (Fsp3) is 0.296. The number of carbonyl (C=O) groups is 1. The van der Waals surface area contributed by atoms with E-state index in [9.17, 15) is 9.18 Å². The number of carbonyl (C=O) groups excluding carboxylic acids is 1. The zero-order valence-electron chi connectivity index (χ0n) is 18.4. The number of aromatic nitrogens is 3. The zero-order valence-corrected chi connectivity index (χ0v) is 19.2. The van der Waals surface area contributed by atoms with Gasteiger partial charge in [-0.2, -0.15) is 0 Å². The molecule has 0 aliphatic heterocycles. The maximum atomic E-state index is 13.2. The van der Waals surface area contributed by atoms with Crippen LogP contribution in [-0.4, -0.2) is 26.3 Å². The second-order valence-electron chi connectivity index (χ2n) is 8.59. The van der Waals surface area contributed by atoms with Crippen LogP contribution < -0.4 is 0 Å². The van der Waals surface area contributed by atoms with Gasteiger partial charge in [-0.15, -0.1) is 10.2 Å². The molecule has 1 aliphatic rings. The first-order valence-corrected chi connectivity index (χ1v) is 12.5. The standard InChI is InChI=1S/C27H26FN3OS/c28-22-15-13-20(14-16-22)25(32)18-33-27-30-29-26(31(27)23-10-2-1-3-11-23)17-21-9-6-8-19-7-4-5-12-24(19)21/h4-9,12-16,23H,1-3,10-11,17-18H2. The van der Waals surface area contributed by atoms with Crippen molar-refractivity contribution in [1.29, 1.82) is 0 Å². The molecule has 0 radical (unpaired) electrons. The van der Waals surface area contributed by atoms with Crippen molar-refractivity contribution in [1.82, 2.24) is 14.8 Å². The van der Waals surface area contributed by atoms with Crippen LogP contribution in [0.2, 0.25) is 0 Å². The van der Waals surface area contributed by atoms with E-state index in [0.717, 1.165) is 23.8 Å². The summed E-state index contributed by atoms with van der Waals surface area (Å²) in [6, 6.07) is 20.9. The molecule has 0 unspecified atom stereocenters. The molecule has 1 saturated carbocycles. The number of benzene rings is 3. The van der Waals surface area contributed by atoms with E-state index in [1.807, 2.05) is 0 Å². The Morgan fingerprint density at radius 1 is 0.939 bits per heavy atom. The Bertz CT molecular complexity index is 1260. The number of hydrogen-bond donors (Lipinski definition) is 0. The number of Topliss-reactive ketones (excluding diaryl/α,β-unsaturated/α-hetero) is 1. The van der Waals surface area contributed by atoms with Crippen molar-refractivity contribution < 1.29 is 9.18 Å². The van der Waals surface area contributed by atoms with E-state index in [-0.39, 0.29) is 17.4 Å². The molecule has 1 aliphatic carbocycles. The van der Waals surface area contributed by atoms with Crippen LogP contribution in [0.4, 0.5) is 4.39 Å². The summed E-state index contributed by atoms with van der Waals surface area (Å²) in [5.41, 5.74) is 1.75. The third kappa shape index (κ3) is 4.86. The molecule has 6 heteroatoms. The number of ketones is 1. The quantitative estimate of drug-likeness (QED) is 0.230. The maximum absolute atomic E-state index is 13.2. The largest absolute Gasteiger partial charge is 0.303 e. The van der Waals surface area contributed by atoms with E-state index >= 15 is 0 Å². The van der Waals surface area contributed by atoms with Crippen molar-refractivity contribution in [2.75, 3.05) is 5.75 Å². The molecular formula is C27H26FN3OS. The summed E-state index contributed by atoms with van der Waals surface area (Å²) >= 11 is 1.43. The molecular weight excluding hydrogens is 433 g/mol. The third-order valence-corrected chi connectivity index (χ3v) is 7.35. The molecule has 0 bridgehead atoms. The number of thioether (sulfide) groups is 1. The third-order valence-electron chi connectivity index (χ3n) is 6.40. The van der Waals surface area contributed by atoms with Crippen molar-refractivity contribution >= 4 is 28.3 Å². The SMILES string of the molecule is O=C(CSc1nnc(Cc2cccc3ccccc23)n1C1CCCCC1)c1ccc(F)cc1.